The molecule has 0 radical (unpaired) electrons. The Bertz CT molecular complexity index is 2660. The van der Waals surface area contributed by atoms with E-state index in [0.29, 0.717) is 0 Å². The Hall–Kier alpha value is -5.57. The molecule has 8 aromatic carbocycles. The van der Waals surface area contributed by atoms with E-state index in [4.69, 9.17) is 0 Å². The van der Waals surface area contributed by atoms with Gasteiger partial charge in [-0.3, -0.25) is 0 Å². The predicted octanol–water partition coefficient (Wildman–Crippen LogP) is 12.6. The summed E-state index contributed by atoms with van der Waals surface area (Å²) < 4.78 is 2.40. The quantitative estimate of drug-likeness (QED) is 0.195. The first-order valence-electron chi connectivity index (χ1n) is 15.8. The summed E-state index contributed by atoms with van der Waals surface area (Å²) in [6.07, 6.45) is 0. The van der Waals surface area contributed by atoms with E-state index in [9.17, 15) is 0 Å². The Morgan fingerprint density at radius 1 is 0.370 bits per heavy atom. The third-order valence-electron chi connectivity index (χ3n) is 9.55. The highest BCUT2D eigenvalue weighted by molar-refractivity contribution is 7.99. The van der Waals surface area contributed by atoms with E-state index in [1.54, 1.807) is 0 Å². The lowest BCUT2D eigenvalue weighted by molar-refractivity contribution is 1.18. The molecule has 0 fully saturated rings. The van der Waals surface area contributed by atoms with E-state index in [1.807, 2.05) is 11.8 Å². The van der Waals surface area contributed by atoms with E-state index in [0.717, 1.165) is 0 Å². The standard InChI is InChI=1S/C44H27NS/c1-2-9-33-27-41-38(25-32(33)8-1)36-14-3-4-16-40(36)45(41)35-21-18-28(19-22-35)30-12-5-13-31(24-30)34-20-23-42-39(26-34)37-15-6-10-29-11-7-17-43(46-42)44(29)37/h1-27H. The maximum absolute atomic E-state index is 2.40. The van der Waals surface area contributed by atoms with Gasteiger partial charge < -0.3 is 4.57 Å². The van der Waals surface area contributed by atoms with Crippen molar-refractivity contribution in [3.63, 3.8) is 0 Å². The molecule has 46 heavy (non-hydrogen) atoms. The number of para-hydroxylation sites is 1. The summed E-state index contributed by atoms with van der Waals surface area (Å²) in [5, 5.41) is 7.77. The summed E-state index contributed by atoms with van der Waals surface area (Å²) in [5.74, 6) is 0. The molecule has 0 saturated heterocycles. The molecule has 1 aliphatic heterocycles. The number of hydrogen-bond acceptors (Lipinski definition) is 1. The van der Waals surface area contributed by atoms with Gasteiger partial charge in [0.2, 0.25) is 0 Å². The molecule has 0 N–H and O–H groups in total. The van der Waals surface area contributed by atoms with Crippen molar-refractivity contribution >= 4 is 55.1 Å². The second-order valence-corrected chi connectivity index (χ2v) is 13.3. The second-order valence-electron chi connectivity index (χ2n) is 12.2. The summed E-state index contributed by atoms with van der Waals surface area (Å²) in [4.78, 5) is 2.66. The Balaban J connectivity index is 1.05. The van der Waals surface area contributed by atoms with Crippen molar-refractivity contribution in [1.82, 2.24) is 4.57 Å². The van der Waals surface area contributed by atoms with Crippen LogP contribution in [0.25, 0.3) is 82.4 Å². The fourth-order valence-electron chi connectivity index (χ4n) is 7.36. The van der Waals surface area contributed by atoms with Gasteiger partial charge in [0.05, 0.1) is 11.0 Å². The van der Waals surface area contributed by atoms with Crippen LogP contribution in [-0.2, 0) is 0 Å². The van der Waals surface area contributed by atoms with E-state index < -0.39 is 0 Å². The zero-order valence-corrected chi connectivity index (χ0v) is 25.8. The van der Waals surface area contributed by atoms with Crippen molar-refractivity contribution in [2.24, 2.45) is 0 Å². The van der Waals surface area contributed by atoms with Crippen molar-refractivity contribution in [3.8, 4) is 39.1 Å². The minimum atomic E-state index is 1.17. The highest BCUT2D eigenvalue weighted by atomic mass is 32.2. The highest BCUT2D eigenvalue weighted by Gasteiger charge is 2.19. The zero-order chi connectivity index (χ0) is 30.2. The number of fused-ring (bicyclic) bond motifs is 6. The molecule has 1 aliphatic rings. The molecule has 0 saturated carbocycles. The molecular formula is C44H27NS. The van der Waals surface area contributed by atoms with Crippen LogP contribution in [0.15, 0.2) is 174 Å². The first-order valence-corrected chi connectivity index (χ1v) is 16.6. The third-order valence-corrected chi connectivity index (χ3v) is 10.7. The van der Waals surface area contributed by atoms with E-state index in [2.05, 4.69) is 168 Å². The molecule has 1 nitrogen and oxygen atoms in total. The van der Waals surface area contributed by atoms with E-state index in [-0.39, 0.29) is 0 Å². The van der Waals surface area contributed by atoms with Crippen molar-refractivity contribution in [2.45, 2.75) is 9.79 Å². The monoisotopic (exact) mass is 601 g/mol. The van der Waals surface area contributed by atoms with Crippen LogP contribution in [0.1, 0.15) is 0 Å². The first kappa shape index (κ1) is 25.7. The smallest absolute Gasteiger partial charge is 0.0547 e. The topological polar surface area (TPSA) is 4.93 Å². The van der Waals surface area contributed by atoms with Crippen molar-refractivity contribution in [2.75, 3.05) is 0 Å². The molecular weight excluding hydrogens is 575 g/mol. The second kappa shape index (κ2) is 9.97. The molecule has 0 amide bonds. The lowest BCUT2D eigenvalue weighted by Crippen LogP contribution is -1.94. The minimum Gasteiger partial charge on any atom is -0.309 e. The van der Waals surface area contributed by atoms with Gasteiger partial charge in [0, 0.05) is 31.6 Å². The van der Waals surface area contributed by atoms with Crippen LogP contribution >= 0.6 is 11.8 Å². The molecule has 2 heterocycles. The Kier molecular flexibility index (Phi) is 5.58. The van der Waals surface area contributed by atoms with Gasteiger partial charge in [-0.25, -0.2) is 0 Å². The summed E-state index contributed by atoms with van der Waals surface area (Å²) in [5.41, 5.74) is 11.2. The van der Waals surface area contributed by atoms with Gasteiger partial charge in [-0.1, -0.05) is 121 Å². The summed E-state index contributed by atoms with van der Waals surface area (Å²) in [6.45, 7) is 0. The van der Waals surface area contributed by atoms with Crippen LogP contribution in [0.2, 0.25) is 0 Å². The molecule has 2 heteroatoms. The van der Waals surface area contributed by atoms with Gasteiger partial charge in [0.25, 0.3) is 0 Å². The number of hydrogen-bond donors (Lipinski definition) is 0. The number of benzene rings is 8. The number of nitrogens with zero attached hydrogens (tertiary/aromatic N) is 1. The lowest BCUT2D eigenvalue weighted by Gasteiger charge is -2.21. The first-order chi connectivity index (χ1) is 22.8. The normalized spacial score (nSPS) is 12.3. The average molecular weight is 602 g/mol. The molecule has 0 aliphatic carbocycles. The van der Waals surface area contributed by atoms with Gasteiger partial charge in [0.15, 0.2) is 0 Å². The van der Waals surface area contributed by atoms with Gasteiger partial charge in [-0.2, -0.15) is 0 Å². The summed E-state index contributed by atoms with van der Waals surface area (Å²) in [7, 11) is 0. The SMILES string of the molecule is c1cc(-c2ccc(-n3c4ccccc4c4cc5ccccc5cc43)cc2)cc(-c2ccc3c(c2)-c2cccc4cccc(c24)S3)c1. The van der Waals surface area contributed by atoms with Crippen LogP contribution < -0.4 is 0 Å². The largest absolute Gasteiger partial charge is 0.309 e. The van der Waals surface area contributed by atoms with E-state index >= 15 is 0 Å². The maximum Gasteiger partial charge on any atom is 0.0547 e. The number of aromatic nitrogens is 1. The van der Waals surface area contributed by atoms with Crippen LogP contribution in [0.4, 0.5) is 0 Å². The fraction of sp³-hybridized carbons (Fsp3) is 0. The Labute approximate surface area is 271 Å². The predicted molar refractivity (Wildman–Crippen MR) is 196 cm³/mol. The van der Waals surface area contributed by atoms with Crippen molar-refractivity contribution in [1.29, 1.82) is 0 Å². The van der Waals surface area contributed by atoms with Crippen molar-refractivity contribution in [3.05, 3.63) is 164 Å². The Morgan fingerprint density at radius 2 is 1.04 bits per heavy atom. The third kappa shape index (κ3) is 3.90. The van der Waals surface area contributed by atoms with Gasteiger partial charge >= 0.3 is 0 Å². The van der Waals surface area contributed by atoms with Crippen LogP contribution in [0, 0.1) is 0 Å². The van der Waals surface area contributed by atoms with Gasteiger partial charge in [-0.05, 0) is 104 Å². The highest BCUT2D eigenvalue weighted by Crippen LogP contribution is 2.48. The molecule has 0 atom stereocenters. The van der Waals surface area contributed by atoms with E-state index in [1.165, 1.54) is 92.2 Å². The molecule has 0 bridgehead atoms. The lowest BCUT2D eigenvalue weighted by atomic mass is 9.93. The molecule has 0 unspecified atom stereocenters. The summed E-state index contributed by atoms with van der Waals surface area (Å²) >= 11 is 1.88. The minimum absolute atomic E-state index is 1.17. The average Bonchev–Trinajstić information content (AvgIpc) is 3.44. The molecule has 10 rings (SSSR count). The van der Waals surface area contributed by atoms with Crippen LogP contribution in [-0.4, -0.2) is 4.57 Å². The van der Waals surface area contributed by atoms with Crippen LogP contribution in [0.3, 0.4) is 0 Å². The fourth-order valence-corrected chi connectivity index (χ4v) is 8.49. The van der Waals surface area contributed by atoms with Gasteiger partial charge in [0.1, 0.15) is 0 Å². The maximum atomic E-state index is 2.40. The molecule has 214 valence electrons. The zero-order valence-electron chi connectivity index (χ0n) is 24.9. The van der Waals surface area contributed by atoms with Crippen LogP contribution in [0.5, 0.6) is 0 Å². The van der Waals surface area contributed by atoms with Gasteiger partial charge in [-0.15, -0.1) is 0 Å². The summed E-state index contributed by atoms with van der Waals surface area (Å²) in [6, 6.07) is 60.3. The molecule has 0 spiro atoms. The number of rotatable bonds is 3. The molecule has 1 aromatic heterocycles. The Morgan fingerprint density at radius 3 is 1.91 bits per heavy atom. The molecule has 9 aromatic rings. The van der Waals surface area contributed by atoms with Crippen molar-refractivity contribution < 1.29 is 0 Å².